The van der Waals surface area contributed by atoms with Crippen molar-refractivity contribution in [2.45, 2.75) is 80.1 Å². The van der Waals surface area contributed by atoms with Crippen LogP contribution < -0.4 is 15.8 Å². The minimum absolute atomic E-state index is 0.00806. The van der Waals surface area contributed by atoms with Gasteiger partial charge in [0.1, 0.15) is 5.69 Å². The fraction of sp³-hybridized carbons (Fsp3) is 0.500. The lowest BCUT2D eigenvalue weighted by Gasteiger charge is -2.22. The quantitative estimate of drug-likeness (QED) is 0.316. The first-order chi connectivity index (χ1) is 16.4. The molecule has 0 radical (unpaired) electrons. The molecule has 2 heterocycles. The molecule has 2 N–H and O–H groups in total. The van der Waals surface area contributed by atoms with Crippen molar-refractivity contribution in [2.24, 2.45) is 0 Å². The second-order valence-corrected chi connectivity index (χ2v) is 9.15. The molecule has 2 aromatic heterocycles. The van der Waals surface area contributed by atoms with Gasteiger partial charge in [-0.1, -0.05) is 33.3 Å². The SMILES string of the molecule is C=C(C)c1[nH]n2c(=O)c(CCCC)c(CCCC)nc2c1Nc1ccc(N(CC)CC)cc1C. The molecule has 3 aromatic rings. The third kappa shape index (κ3) is 5.21. The van der Waals surface area contributed by atoms with Crippen LogP contribution in [0.15, 0.2) is 29.6 Å². The maximum absolute atomic E-state index is 13.5. The first-order valence-electron chi connectivity index (χ1n) is 12.8. The van der Waals surface area contributed by atoms with E-state index < -0.39 is 0 Å². The first-order valence-corrected chi connectivity index (χ1v) is 12.8. The highest BCUT2D eigenvalue weighted by atomic mass is 16.1. The van der Waals surface area contributed by atoms with Crippen molar-refractivity contribution in [3.63, 3.8) is 0 Å². The molecule has 34 heavy (non-hydrogen) atoms. The number of anilines is 3. The molecule has 6 nitrogen and oxygen atoms in total. The topological polar surface area (TPSA) is 65.4 Å². The molecule has 0 bridgehead atoms. The molecule has 0 fully saturated rings. The van der Waals surface area contributed by atoms with Crippen LogP contribution in [0.3, 0.4) is 0 Å². The Morgan fingerprint density at radius 1 is 1.12 bits per heavy atom. The molecule has 0 atom stereocenters. The van der Waals surface area contributed by atoms with Crippen LogP contribution in [0.4, 0.5) is 17.1 Å². The summed E-state index contributed by atoms with van der Waals surface area (Å²) in [6.45, 7) is 18.8. The Labute approximate surface area is 204 Å². The zero-order chi connectivity index (χ0) is 24.8. The molecule has 6 heteroatoms. The minimum atomic E-state index is 0.00806. The molecule has 0 amide bonds. The molecule has 0 aliphatic heterocycles. The second kappa shape index (κ2) is 11.4. The van der Waals surface area contributed by atoms with Gasteiger partial charge in [0.25, 0.3) is 5.56 Å². The van der Waals surface area contributed by atoms with Crippen LogP contribution in [0, 0.1) is 6.92 Å². The predicted octanol–water partition coefficient (Wildman–Crippen LogP) is 6.64. The maximum Gasteiger partial charge on any atom is 0.276 e. The van der Waals surface area contributed by atoms with Crippen molar-refractivity contribution in [3.8, 4) is 0 Å². The summed E-state index contributed by atoms with van der Waals surface area (Å²) in [6, 6.07) is 6.47. The Kier molecular flexibility index (Phi) is 8.59. The van der Waals surface area contributed by atoms with E-state index in [4.69, 9.17) is 4.98 Å². The summed E-state index contributed by atoms with van der Waals surface area (Å²) in [5, 5.41) is 6.88. The zero-order valence-corrected chi connectivity index (χ0v) is 21.8. The van der Waals surface area contributed by atoms with Gasteiger partial charge in [-0.05, 0) is 82.7 Å². The van der Waals surface area contributed by atoms with Crippen LogP contribution in [-0.4, -0.2) is 27.7 Å². The molecule has 0 spiro atoms. The third-order valence-electron chi connectivity index (χ3n) is 6.53. The van der Waals surface area contributed by atoms with Gasteiger partial charge in [0, 0.05) is 30.0 Å². The maximum atomic E-state index is 13.5. The van der Waals surface area contributed by atoms with Gasteiger partial charge >= 0.3 is 0 Å². The van der Waals surface area contributed by atoms with Crippen LogP contribution in [0.25, 0.3) is 11.2 Å². The number of hydrogen-bond donors (Lipinski definition) is 2. The number of aromatic amines is 1. The van der Waals surface area contributed by atoms with E-state index in [2.05, 4.69) is 74.7 Å². The molecular formula is C28H41N5O. The molecule has 0 aliphatic rings. The van der Waals surface area contributed by atoms with Gasteiger partial charge in [0.2, 0.25) is 0 Å². The van der Waals surface area contributed by atoms with Crippen molar-refractivity contribution < 1.29 is 0 Å². The summed E-state index contributed by atoms with van der Waals surface area (Å²) < 4.78 is 1.60. The molecule has 3 rings (SSSR count). The molecule has 1 aromatic carbocycles. The van der Waals surface area contributed by atoms with Gasteiger partial charge in [-0.2, -0.15) is 4.52 Å². The van der Waals surface area contributed by atoms with Crippen molar-refractivity contribution in [1.82, 2.24) is 14.6 Å². The summed E-state index contributed by atoms with van der Waals surface area (Å²) >= 11 is 0. The Morgan fingerprint density at radius 3 is 2.38 bits per heavy atom. The number of aromatic nitrogens is 3. The third-order valence-corrected chi connectivity index (χ3v) is 6.53. The van der Waals surface area contributed by atoms with E-state index in [-0.39, 0.29) is 5.56 Å². The van der Waals surface area contributed by atoms with Crippen LogP contribution in [0.1, 0.15) is 82.8 Å². The highest BCUT2D eigenvalue weighted by Gasteiger charge is 2.20. The van der Waals surface area contributed by atoms with Crippen molar-refractivity contribution in [2.75, 3.05) is 23.3 Å². The van der Waals surface area contributed by atoms with Crippen LogP contribution in [0.5, 0.6) is 0 Å². The Hall–Kier alpha value is -3.02. The summed E-state index contributed by atoms with van der Waals surface area (Å²) in [7, 11) is 0. The lowest BCUT2D eigenvalue weighted by Crippen LogP contribution is -2.23. The van der Waals surface area contributed by atoms with Gasteiger partial charge in [-0.3, -0.25) is 9.89 Å². The van der Waals surface area contributed by atoms with E-state index in [0.717, 1.165) is 91.1 Å². The van der Waals surface area contributed by atoms with Crippen molar-refractivity contribution in [1.29, 1.82) is 0 Å². The van der Waals surface area contributed by atoms with Crippen LogP contribution >= 0.6 is 0 Å². The first kappa shape index (κ1) is 25.6. The highest BCUT2D eigenvalue weighted by molar-refractivity contribution is 5.86. The lowest BCUT2D eigenvalue weighted by molar-refractivity contribution is 0.719. The fourth-order valence-electron chi connectivity index (χ4n) is 4.44. The Balaban J connectivity index is 2.14. The largest absolute Gasteiger partial charge is 0.372 e. The van der Waals surface area contributed by atoms with Crippen LogP contribution in [0.2, 0.25) is 0 Å². The summed E-state index contributed by atoms with van der Waals surface area (Å²) in [5.41, 5.74) is 8.25. The van der Waals surface area contributed by atoms with Gasteiger partial charge in [-0.25, -0.2) is 4.98 Å². The predicted molar refractivity (Wildman–Crippen MR) is 146 cm³/mol. The summed E-state index contributed by atoms with van der Waals surface area (Å²) in [6.07, 6.45) is 5.72. The van der Waals surface area contributed by atoms with E-state index in [1.165, 1.54) is 5.69 Å². The van der Waals surface area contributed by atoms with Crippen molar-refractivity contribution >= 4 is 28.3 Å². The summed E-state index contributed by atoms with van der Waals surface area (Å²) in [5.74, 6) is 0. The molecule has 184 valence electrons. The number of aryl methyl sites for hydroxylation is 2. The summed E-state index contributed by atoms with van der Waals surface area (Å²) in [4.78, 5) is 20.9. The van der Waals surface area contributed by atoms with Gasteiger partial charge in [0.15, 0.2) is 5.65 Å². The molecule has 0 saturated heterocycles. The fourth-order valence-corrected chi connectivity index (χ4v) is 4.44. The number of H-pyrrole nitrogens is 1. The molecule has 0 aliphatic carbocycles. The van der Waals surface area contributed by atoms with E-state index >= 15 is 0 Å². The lowest BCUT2D eigenvalue weighted by atomic mass is 10.0. The normalized spacial score (nSPS) is 11.2. The zero-order valence-electron chi connectivity index (χ0n) is 21.8. The standard InChI is InChI=1S/C28H41N5O/c1-8-12-14-22-24(15-13-9-2)30-27-26(25(19(5)6)31-33(27)28(22)34)29-23-17-16-21(18-20(23)7)32(10-3)11-4/h16-18,29,31H,5,8-15H2,1-4,6-7H3. The van der Waals surface area contributed by atoms with E-state index in [1.807, 2.05) is 6.92 Å². The second-order valence-electron chi connectivity index (χ2n) is 9.15. The van der Waals surface area contributed by atoms with Crippen LogP contribution in [-0.2, 0) is 12.8 Å². The van der Waals surface area contributed by atoms with E-state index in [1.54, 1.807) is 4.52 Å². The number of fused-ring (bicyclic) bond motifs is 1. The Morgan fingerprint density at radius 2 is 1.79 bits per heavy atom. The van der Waals surface area contributed by atoms with E-state index in [0.29, 0.717) is 5.65 Å². The number of nitrogens with zero attached hydrogens (tertiary/aromatic N) is 3. The smallest absolute Gasteiger partial charge is 0.276 e. The van der Waals surface area contributed by atoms with Gasteiger partial charge in [-0.15, -0.1) is 0 Å². The molecule has 0 unspecified atom stereocenters. The number of benzene rings is 1. The average molecular weight is 464 g/mol. The number of unbranched alkanes of at least 4 members (excludes halogenated alkanes) is 2. The molecular weight excluding hydrogens is 422 g/mol. The number of rotatable bonds is 12. The highest BCUT2D eigenvalue weighted by Crippen LogP contribution is 2.32. The Bertz CT molecular complexity index is 1200. The number of allylic oxidation sites excluding steroid dienone is 1. The van der Waals surface area contributed by atoms with E-state index in [9.17, 15) is 4.79 Å². The van der Waals surface area contributed by atoms with Gasteiger partial charge < -0.3 is 10.2 Å². The monoisotopic (exact) mass is 463 g/mol. The number of nitrogens with one attached hydrogen (secondary N) is 2. The van der Waals surface area contributed by atoms with Gasteiger partial charge in [0.05, 0.1) is 11.4 Å². The average Bonchev–Trinajstić information content (AvgIpc) is 3.18. The van der Waals surface area contributed by atoms with Crippen molar-refractivity contribution in [3.05, 3.63) is 57.6 Å². The molecule has 0 saturated carbocycles. The number of hydrogen-bond acceptors (Lipinski definition) is 4. The minimum Gasteiger partial charge on any atom is -0.372 e.